The lowest BCUT2D eigenvalue weighted by Crippen LogP contribution is -2.42. The summed E-state index contributed by atoms with van der Waals surface area (Å²) in [5.41, 5.74) is 1.96. The molecule has 0 aliphatic carbocycles. The molecule has 1 N–H and O–H groups in total. The number of hydrogen-bond donors (Lipinski definition) is 1. The number of rotatable bonds is 4. The largest absolute Gasteiger partial charge is 0.399 e. The second-order valence-electron chi connectivity index (χ2n) is 6.06. The van der Waals surface area contributed by atoms with Gasteiger partial charge in [0, 0.05) is 12.3 Å². The molecular formula is C17H22FNO3. The van der Waals surface area contributed by atoms with Crippen LogP contribution in [-0.2, 0) is 9.57 Å². The third-order valence-corrected chi connectivity index (χ3v) is 4.79. The van der Waals surface area contributed by atoms with E-state index in [2.05, 4.69) is 5.16 Å². The molecule has 3 rings (SSSR count). The molecule has 120 valence electrons. The van der Waals surface area contributed by atoms with Gasteiger partial charge in [0.2, 0.25) is 0 Å². The van der Waals surface area contributed by atoms with Crippen LogP contribution in [0.4, 0.5) is 4.39 Å². The quantitative estimate of drug-likeness (QED) is 0.687. The standard InChI is InChI=1S/C17H22FNO3/c1-3-14(19-21-2)16-13(10-4-6-11(18)7-5-10)8-12-9-15(20)17(16)22-12/h4-7,12-13,15-17,20H,3,8-9H2,1-2H3/t12?,13-,15?,16-,17+/m1/s1. The van der Waals surface area contributed by atoms with Crippen LogP contribution in [0.15, 0.2) is 29.4 Å². The van der Waals surface area contributed by atoms with Crippen molar-refractivity contribution in [3.63, 3.8) is 0 Å². The number of ether oxygens (including phenoxy) is 1. The monoisotopic (exact) mass is 307 g/mol. The van der Waals surface area contributed by atoms with E-state index in [9.17, 15) is 9.50 Å². The fourth-order valence-corrected chi connectivity index (χ4v) is 3.86. The normalized spacial score (nSPS) is 34.7. The number of hydrogen-bond acceptors (Lipinski definition) is 4. The van der Waals surface area contributed by atoms with Crippen molar-refractivity contribution in [3.05, 3.63) is 35.6 Å². The number of halogens is 1. The van der Waals surface area contributed by atoms with E-state index in [0.29, 0.717) is 6.42 Å². The van der Waals surface area contributed by atoms with Gasteiger partial charge in [0.1, 0.15) is 12.9 Å². The fraction of sp³-hybridized carbons (Fsp3) is 0.588. The minimum Gasteiger partial charge on any atom is -0.399 e. The molecule has 2 aliphatic heterocycles. The molecule has 2 saturated heterocycles. The zero-order valence-corrected chi connectivity index (χ0v) is 12.9. The minimum atomic E-state index is -0.478. The second-order valence-corrected chi connectivity index (χ2v) is 6.06. The van der Waals surface area contributed by atoms with Crippen LogP contribution in [-0.4, -0.2) is 36.2 Å². The fourth-order valence-electron chi connectivity index (χ4n) is 3.86. The van der Waals surface area contributed by atoms with Crippen molar-refractivity contribution in [2.24, 2.45) is 11.1 Å². The van der Waals surface area contributed by atoms with Crippen molar-refractivity contribution in [3.8, 4) is 0 Å². The summed E-state index contributed by atoms with van der Waals surface area (Å²) in [4.78, 5) is 4.98. The van der Waals surface area contributed by atoms with E-state index in [-0.39, 0.29) is 29.9 Å². The van der Waals surface area contributed by atoms with Gasteiger partial charge >= 0.3 is 0 Å². The third kappa shape index (κ3) is 2.75. The Balaban J connectivity index is 1.98. The summed E-state index contributed by atoms with van der Waals surface area (Å²) in [5.74, 6) is -0.115. The average molecular weight is 307 g/mol. The highest BCUT2D eigenvalue weighted by Gasteiger charge is 2.50. The average Bonchev–Trinajstić information content (AvgIpc) is 2.81. The van der Waals surface area contributed by atoms with E-state index in [0.717, 1.165) is 24.1 Å². The van der Waals surface area contributed by atoms with E-state index >= 15 is 0 Å². The van der Waals surface area contributed by atoms with Gasteiger partial charge in [-0.2, -0.15) is 0 Å². The molecule has 1 aromatic carbocycles. The predicted octanol–water partition coefficient (Wildman–Crippen LogP) is 2.86. The van der Waals surface area contributed by atoms with E-state index in [1.807, 2.05) is 19.1 Å². The highest BCUT2D eigenvalue weighted by atomic mass is 19.1. The van der Waals surface area contributed by atoms with Gasteiger partial charge in [-0.05, 0) is 36.5 Å². The van der Waals surface area contributed by atoms with Crippen molar-refractivity contribution in [2.75, 3.05) is 7.11 Å². The molecule has 2 aliphatic rings. The van der Waals surface area contributed by atoms with Gasteiger partial charge in [-0.1, -0.05) is 24.2 Å². The van der Waals surface area contributed by atoms with Crippen molar-refractivity contribution in [1.29, 1.82) is 0 Å². The maximum atomic E-state index is 13.2. The first-order valence-electron chi connectivity index (χ1n) is 7.83. The molecule has 0 spiro atoms. The number of aliphatic hydroxyl groups excluding tert-OH is 1. The van der Waals surface area contributed by atoms with Gasteiger partial charge in [-0.3, -0.25) is 0 Å². The number of oxime groups is 1. The Bertz CT molecular complexity index is 545. The number of benzene rings is 1. The molecule has 2 fully saturated rings. The summed E-state index contributed by atoms with van der Waals surface area (Å²) >= 11 is 0. The SMILES string of the molecule is CCC(=NOC)[C@H]1[C@@H](c2ccc(F)cc2)CC2CC(O)[C@@H]1O2. The molecule has 2 unspecified atom stereocenters. The Kier molecular flexibility index (Phi) is 4.45. The first-order valence-corrected chi connectivity index (χ1v) is 7.83. The van der Waals surface area contributed by atoms with Crippen molar-refractivity contribution < 1.29 is 19.1 Å². The zero-order valence-electron chi connectivity index (χ0n) is 12.9. The van der Waals surface area contributed by atoms with Crippen LogP contribution < -0.4 is 0 Å². The molecule has 0 aromatic heterocycles. The summed E-state index contributed by atoms with van der Waals surface area (Å²) < 4.78 is 19.2. The van der Waals surface area contributed by atoms with E-state index in [4.69, 9.17) is 9.57 Å². The van der Waals surface area contributed by atoms with Gasteiger partial charge in [0.25, 0.3) is 0 Å². The number of fused-ring (bicyclic) bond motifs is 2. The Morgan fingerprint density at radius 2 is 2.09 bits per heavy atom. The molecule has 0 amide bonds. The van der Waals surface area contributed by atoms with Crippen molar-refractivity contribution in [1.82, 2.24) is 0 Å². The smallest absolute Gasteiger partial charge is 0.123 e. The number of aliphatic hydroxyl groups is 1. The highest BCUT2D eigenvalue weighted by Crippen LogP contribution is 2.46. The minimum absolute atomic E-state index is 0.0378. The van der Waals surface area contributed by atoms with Crippen LogP contribution in [0, 0.1) is 11.7 Å². The summed E-state index contributed by atoms with van der Waals surface area (Å²) in [6.45, 7) is 2.02. The molecule has 2 heterocycles. The van der Waals surface area contributed by atoms with Gasteiger partial charge < -0.3 is 14.7 Å². The lowest BCUT2D eigenvalue weighted by molar-refractivity contribution is -0.0509. The maximum absolute atomic E-state index is 13.2. The van der Waals surface area contributed by atoms with E-state index in [1.54, 1.807) is 0 Å². The highest BCUT2D eigenvalue weighted by molar-refractivity contribution is 5.87. The lowest BCUT2D eigenvalue weighted by Gasteiger charge is -2.38. The van der Waals surface area contributed by atoms with Gasteiger partial charge in [0.15, 0.2) is 0 Å². The summed E-state index contributed by atoms with van der Waals surface area (Å²) in [6, 6.07) is 6.62. The summed E-state index contributed by atoms with van der Waals surface area (Å²) in [5, 5.41) is 14.5. The third-order valence-electron chi connectivity index (χ3n) is 4.79. The molecule has 1 aromatic rings. The van der Waals surface area contributed by atoms with E-state index in [1.165, 1.54) is 19.2 Å². The van der Waals surface area contributed by atoms with Gasteiger partial charge in [-0.15, -0.1) is 0 Å². The molecule has 5 atom stereocenters. The van der Waals surface area contributed by atoms with Crippen LogP contribution in [0.3, 0.4) is 0 Å². The predicted molar refractivity (Wildman–Crippen MR) is 81.3 cm³/mol. The first-order chi connectivity index (χ1) is 10.6. The second kappa shape index (κ2) is 6.34. The molecule has 5 heteroatoms. The van der Waals surface area contributed by atoms with Gasteiger partial charge in [0.05, 0.1) is 24.0 Å². The van der Waals surface area contributed by atoms with Crippen LogP contribution in [0.25, 0.3) is 0 Å². The molecular weight excluding hydrogens is 285 g/mol. The molecule has 0 radical (unpaired) electrons. The van der Waals surface area contributed by atoms with Crippen molar-refractivity contribution >= 4 is 5.71 Å². The van der Waals surface area contributed by atoms with Crippen LogP contribution in [0.1, 0.15) is 37.7 Å². The van der Waals surface area contributed by atoms with E-state index < -0.39 is 6.10 Å². The summed E-state index contributed by atoms with van der Waals surface area (Å²) in [7, 11) is 1.53. The van der Waals surface area contributed by atoms with Crippen LogP contribution in [0.5, 0.6) is 0 Å². The Morgan fingerprint density at radius 3 is 2.73 bits per heavy atom. The molecule has 2 bridgehead atoms. The maximum Gasteiger partial charge on any atom is 0.123 e. The Hall–Kier alpha value is -1.46. The molecule has 4 nitrogen and oxygen atoms in total. The first kappa shape index (κ1) is 15.4. The Morgan fingerprint density at radius 1 is 1.36 bits per heavy atom. The lowest BCUT2D eigenvalue weighted by atomic mass is 9.75. The topological polar surface area (TPSA) is 51.0 Å². The summed E-state index contributed by atoms with van der Waals surface area (Å²) in [6.07, 6.45) is 1.52. The molecule has 0 saturated carbocycles. The molecule has 22 heavy (non-hydrogen) atoms. The Labute approximate surface area is 129 Å². The number of nitrogens with zero attached hydrogens (tertiary/aromatic N) is 1. The van der Waals surface area contributed by atoms with Crippen LogP contribution >= 0.6 is 0 Å². The van der Waals surface area contributed by atoms with Crippen molar-refractivity contribution in [2.45, 2.75) is 50.4 Å². The zero-order chi connectivity index (χ0) is 15.7. The van der Waals surface area contributed by atoms with Gasteiger partial charge in [-0.25, -0.2) is 4.39 Å². The van der Waals surface area contributed by atoms with Crippen LogP contribution in [0.2, 0.25) is 0 Å².